The van der Waals surface area contributed by atoms with Crippen LogP contribution < -0.4 is 16.4 Å². The maximum absolute atomic E-state index is 11.1. The second-order valence-electron chi connectivity index (χ2n) is 3.11. The minimum absolute atomic E-state index is 0.114. The van der Waals surface area contributed by atoms with Crippen molar-refractivity contribution in [3.05, 3.63) is 10.7 Å². The molecule has 0 spiro atoms. The molecule has 0 aromatic carbocycles. The molecule has 0 unspecified atom stereocenters. The first-order chi connectivity index (χ1) is 7.20. The van der Waals surface area contributed by atoms with Gasteiger partial charge in [-0.05, 0) is 0 Å². The lowest BCUT2D eigenvalue weighted by Crippen LogP contribution is -2.15. The summed E-state index contributed by atoms with van der Waals surface area (Å²) in [5.41, 5.74) is 5.98. The molecule has 1 aliphatic rings. The highest BCUT2D eigenvalue weighted by Gasteiger charge is 2.23. The number of aromatic nitrogens is 2. The molecule has 1 amide bonds. The van der Waals surface area contributed by atoms with E-state index in [0.717, 1.165) is 0 Å². The molecule has 0 saturated heterocycles. The van der Waals surface area contributed by atoms with Crippen molar-refractivity contribution in [1.29, 1.82) is 0 Å². The SMILES string of the molecule is NCCNc1nc(Cl)c2c(n1)NC(=O)C2. The number of nitrogens with zero attached hydrogens (tertiary/aromatic N) is 2. The van der Waals surface area contributed by atoms with Crippen LogP contribution in [0.1, 0.15) is 5.56 Å². The van der Waals surface area contributed by atoms with E-state index in [1.54, 1.807) is 0 Å². The van der Waals surface area contributed by atoms with Crippen molar-refractivity contribution in [3.8, 4) is 0 Å². The zero-order chi connectivity index (χ0) is 10.8. The van der Waals surface area contributed by atoms with E-state index in [1.807, 2.05) is 0 Å². The Kier molecular flexibility index (Phi) is 2.70. The predicted molar refractivity (Wildman–Crippen MR) is 56.9 cm³/mol. The molecular formula is C8H10ClN5O. The predicted octanol–water partition coefficient (Wildman–Crippen LogP) is -0.00480. The van der Waals surface area contributed by atoms with Crippen molar-refractivity contribution in [2.75, 3.05) is 23.7 Å². The Hall–Kier alpha value is -1.40. The van der Waals surface area contributed by atoms with Crippen LogP contribution in [0, 0.1) is 0 Å². The van der Waals surface area contributed by atoms with E-state index in [4.69, 9.17) is 17.3 Å². The molecule has 6 nitrogen and oxygen atoms in total. The van der Waals surface area contributed by atoms with E-state index in [0.29, 0.717) is 35.6 Å². The van der Waals surface area contributed by atoms with Gasteiger partial charge < -0.3 is 16.4 Å². The fourth-order valence-corrected chi connectivity index (χ4v) is 1.55. The molecule has 15 heavy (non-hydrogen) atoms. The van der Waals surface area contributed by atoms with Gasteiger partial charge in [-0.2, -0.15) is 4.98 Å². The Bertz CT molecular complexity index is 408. The van der Waals surface area contributed by atoms with Gasteiger partial charge in [0.1, 0.15) is 11.0 Å². The smallest absolute Gasteiger partial charge is 0.230 e. The molecule has 4 N–H and O–H groups in total. The van der Waals surface area contributed by atoms with Gasteiger partial charge in [-0.25, -0.2) is 4.98 Å². The number of amides is 1. The van der Waals surface area contributed by atoms with E-state index in [1.165, 1.54) is 0 Å². The zero-order valence-corrected chi connectivity index (χ0v) is 8.64. The summed E-state index contributed by atoms with van der Waals surface area (Å²) in [6.07, 6.45) is 0.241. The van der Waals surface area contributed by atoms with Gasteiger partial charge in [-0.3, -0.25) is 4.79 Å². The van der Waals surface area contributed by atoms with Crippen LogP contribution in [0.2, 0.25) is 5.15 Å². The van der Waals surface area contributed by atoms with Crippen LogP contribution in [-0.2, 0) is 11.2 Å². The number of anilines is 2. The average Bonchev–Trinajstić information content (AvgIpc) is 2.56. The topological polar surface area (TPSA) is 92.9 Å². The monoisotopic (exact) mass is 227 g/mol. The third-order valence-corrected chi connectivity index (χ3v) is 2.29. The minimum Gasteiger partial charge on any atom is -0.353 e. The number of rotatable bonds is 3. The normalized spacial score (nSPS) is 13.6. The third kappa shape index (κ3) is 2.00. The average molecular weight is 228 g/mol. The lowest BCUT2D eigenvalue weighted by Gasteiger charge is -2.05. The van der Waals surface area contributed by atoms with Crippen molar-refractivity contribution >= 4 is 29.3 Å². The van der Waals surface area contributed by atoms with E-state index in [9.17, 15) is 4.79 Å². The van der Waals surface area contributed by atoms with Crippen LogP contribution in [0.25, 0.3) is 0 Å². The summed E-state index contributed by atoms with van der Waals surface area (Å²) >= 11 is 5.90. The summed E-state index contributed by atoms with van der Waals surface area (Å²) < 4.78 is 0. The van der Waals surface area contributed by atoms with Gasteiger partial charge in [0, 0.05) is 18.7 Å². The molecule has 2 rings (SSSR count). The molecule has 1 aromatic heterocycles. The number of halogens is 1. The first-order valence-corrected chi connectivity index (χ1v) is 4.88. The highest BCUT2D eigenvalue weighted by atomic mass is 35.5. The van der Waals surface area contributed by atoms with Gasteiger partial charge in [0.15, 0.2) is 0 Å². The summed E-state index contributed by atoms with van der Waals surface area (Å²) in [5, 5.41) is 5.81. The van der Waals surface area contributed by atoms with E-state index < -0.39 is 0 Å². The fraction of sp³-hybridized carbons (Fsp3) is 0.375. The van der Waals surface area contributed by atoms with Crippen molar-refractivity contribution in [1.82, 2.24) is 9.97 Å². The first kappa shape index (κ1) is 10.1. The standard InChI is InChI=1S/C8H10ClN5O/c9-6-4-3-5(15)12-7(4)14-8(13-6)11-2-1-10/h1-3,10H2,(H2,11,12,13,14,15). The summed E-state index contributed by atoms with van der Waals surface area (Å²) in [5.74, 6) is 0.753. The van der Waals surface area contributed by atoms with Crippen molar-refractivity contribution in [2.24, 2.45) is 5.73 Å². The zero-order valence-electron chi connectivity index (χ0n) is 7.88. The summed E-state index contributed by atoms with van der Waals surface area (Å²) in [6, 6.07) is 0. The van der Waals surface area contributed by atoms with Gasteiger partial charge in [-0.1, -0.05) is 11.6 Å². The quantitative estimate of drug-likeness (QED) is 0.632. The Labute approximate surface area is 91.2 Å². The number of hydrogen-bond donors (Lipinski definition) is 3. The molecule has 1 aliphatic heterocycles. The third-order valence-electron chi connectivity index (χ3n) is 1.98. The highest BCUT2D eigenvalue weighted by molar-refractivity contribution is 6.31. The van der Waals surface area contributed by atoms with Gasteiger partial charge in [-0.15, -0.1) is 0 Å². The highest BCUT2D eigenvalue weighted by Crippen LogP contribution is 2.27. The Morgan fingerprint density at radius 3 is 3.07 bits per heavy atom. The van der Waals surface area contributed by atoms with Crippen LogP contribution in [-0.4, -0.2) is 29.0 Å². The Morgan fingerprint density at radius 2 is 2.33 bits per heavy atom. The van der Waals surface area contributed by atoms with E-state index in [2.05, 4.69) is 20.6 Å². The van der Waals surface area contributed by atoms with Crippen LogP contribution >= 0.6 is 11.6 Å². The minimum atomic E-state index is -0.114. The Balaban J connectivity index is 2.27. The summed E-state index contributed by atoms with van der Waals surface area (Å²) in [4.78, 5) is 19.2. The first-order valence-electron chi connectivity index (χ1n) is 4.51. The molecule has 1 aromatic rings. The number of nitrogens with one attached hydrogen (secondary N) is 2. The second-order valence-corrected chi connectivity index (χ2v) is 3.46. The number of carbonyl (C=O) groups is 1. The number of nitrogens with two attached hydrogens (primary N) is 1. The van der Waals surface area contributed by atoms with Gasteiger partial charge in [0.2, 0.25) is 11.9 Å². The maximum atomic E-state index is 11.1. The van der Waals surface area contributed by atoms with Crippen LogP contribution in [0.15, 0.2) is 0 Å². The van der Waals surface area contributed by atoms with E-state index >= 15 is 0 Å². The van der Waals surface area contributed by atoms with E-state index in [-0.39, 0.29) is 12.3 Å². The van der Waals surface area contributed by atoms with Crippen LogP contribution in [0.3, 0.4) is 0 Å². The molecule has 2 heterocycles. The molecule has 0 fully saturated rings. The molecule has 0 bridgehead atoms. The largest absolute Gasteiger partial charge is 0.353 e. The van der Waals surface area contributed by atoms with Gasteiger partial charge in [0.05, 0.1) is 6.42 Å². The molecule has 0 atom stereocenters. The van der Waals surface area contributed by atoms with Crippen LogP contribution in [0.5, 0.6) is 0 Å². The molecule has 7 heteroatoms. The maximum Gasteiger partial charge on any atom is 0.230 e. The molecule has 0 saturated carbocycles. The summed E-state index contributed by atoms with van der Waals surface area (Å²) in [6.45, 7) is 1.04. The van der Waals surface area contributed by atoms with Gasteiger partial charge in [0.25, 0.3) is 0 Å². The molecule has 80 valence electrons. The van der Waals surface area contributed by atoms with Crippen molar-refractivity contribution < 1.29 is 4.79 Å². The summed E-state index contributed by atoms with van der Waals surface area (Å²) in [7, 11) is 0. The van der Waals surface area contributed by atoms with Crippen LogP contribution in [0.4, 0.5) is 11.8 Å². The second kappa shape index (κ2) is 4.00. The number of carbonyl (C=O) groups excluding carboxylic acids is 1. The Morgan fingerprint density at radius 1 is 1.53 bits per heavy atom. The fourth-order valence-electron chi connectivity index (χ4n) is 1.32. The molecular weight excluding hydrogens is 218 g/mol. The molecule has 0 aliphatic carbocycles. The van der Waals surface area contributed by atoms with Crippen molar-refractivity contribution in [2.45, 2.75) is 6.42 Å². The lowest BCUT2D eigenvalue weighted by atomic mass is 10.3. The number of hydrogen-bond acceptors (Lipinski definition) is 5. The van der Waals surface area contributed by atoms with Crippen molar-refractivity contribution in [3.63, 3.8) is 0 Å². The molecule has 0 radical (unpaired) electrons. The lowest BCUT2D eigenvalue weighted by molar-refractivity contribution is -0.115. The van der Waals surface area contributed by atoms with Gasteiger partial charge >= 0.3 is 0 Å². The number of fused-ring (bicyclic) bond motifs is 1.